The van der Waals surface area contributed by atoms with Crippen LogP contribution in [0.25, 0.3) is 0 Å². The fourth-order valence-electron chi connectivity index (χ4n) is 1.67. The van der Waals surface area contributed by atoms with Gasteiger partial charge < -0.3 is 0 Å². The van der Waals surface area contributed by atoms with Crippen molar-refractivity contribution in [3.8, 4) is 12.1 Å². The molecule has 0 N–H and O–H groups in total. The van der Waals surface area contributed by atoms with E-state index in [0.717, 1.165) is 0 Å². The maximum absolute atomic E-state index is 14.2. The predicted molar refractivity (Wildman–Crippen MR) is 65.3 cm³/mol. The highest BCUT2D eigenvalue weighted by Crippen LogP contribution is 2.35. The highest BCUT2D eigenvalue weighted by molar-refractivity contribution is 5.40. The van der Waals surface area contributed by atoms with Crippen LogP contribution in [0.3, 0.4) is 0 Å². The minimum absolute atomic E-state index is 0.184. The summed E-state index contributed by atoms with van der Waals surface area (Å²) in [6, 6.07) is 14.1. The lowest BCUT2D eigenvalue weighted by atomic mass is 9.98. The van der Waals surface area contributed by atoms with Crippen molar-refractivity contribution in [1.29, 1.82) is 10.5 Å². The third-order valence-electron chi connectivity index (χ3n) is 2.75. The van der Waals surface area contributed by atoms with Crippen molar-refractivity contribution < 1.29 is 8.78 Å². The smallest absolute Gasteiger partial charge is 0.196 e. The molecule has 0 saturated carbocycles. The molecule has 2 nitrogen and oxygen atoms in total. The number of benzene rings is 2. The van der Waals surface area contributed by atoms with Crippen LogP contribution in [0.1, 0.15) is 22.3 Å². The third-order valence-corrected chi connectivity index (χ3v) is 2.75. The Hall–Kier alpha value is -2.72. The van der Waals surface area contributed by atoms with Gasteiger partial charge in [-0.1, -0.05) is 24.3 Å². The van der Waals surface area contributed by atoms with E-state index in [4.69, 9.17) is 10.5 Å². The van der Waals surface area contributed by atoms with E-state index >= 15 is 0 Å². The second kappa shape index (κ2) is 4.88. The van der Waals surface area contributed by atoms with E-state index < -0.39 is 5.92 Å². The lowest BCUT2D eigenvalue weighted by Gasteiger charge is -2.17. The Bertz CT molecular complexity index is 600. The van der Waals surface area contributed by atoms with Crippen molar-refractivity contribution in [3.05, 3.63) is 70.8 Å². The van der Waals surface area contributed by atoms with Crippen LogP contribution >= 0.6 is 0 Å². The molecule has 2 aromatic rings. The van der Waals surface area contributed by atoms with Crippen LogP contribution in [-0.2, 0) is 5.92 Å². The average Bonchev–Trinajstić information content (AvgIpc) is 2.47. The largest absolute Gasteiger partial charge is 0.298 e. The van der Waals surface area contributed by atoms with E-state index in [1.165, 1.54) is 48.5 Å². The van der Waals surface area contributed by atoms with Crippen LogP contribution in [-0.4, -0.2) is 0 Å². The van der Waals surface area contributed by atoms with Gasteiger partial charge in [0.05, 0.1) is 23.3 Å². The Kier molecular flexibility index (Phi) is 3.27. The predicted octanol–water partition coefficient (Wildman–Crippen LogP) is 3.57. The average molecular weight is 254 g/mol. The molecular weight excluding hydrogens is 246 g/mol. The first-order valence-corrected chi connectivity index (χ1v) is 5.47. The summed E-state index contributed by atoms with van der Waals surface area (Å²) in [5, 5.41) is 17.3. The Morgan fingerprint density at radius 3 is 1.26 bits per heavy atom. The molecule has 0 amide bonds. The molecule has 2 rings (SSSR count). The number of rotatable bonds is 2. The molecule has 0 spiro atoms. The maximum Gasteiger partial charge on any atom is 0.298 e. The van der Waals surface area contributed by atoms with E-state index in [9.17, 15) is 8.78 Å². The molecule has 0 saturated heterocycles. The standard InChI is InChI=1S/C15H8F2N2/c16-15(17,13-5-1-11(9-18)2-6-13)14-7-3-12(10-19)4-8-14/h1-8H. The second-order valence-electron chi connectivity index (χ2n) is 3.95. The van der Waals surface area contributed by atoms with Gasteiger partial charge in [-0.15, -0.1) is 0 Å². The molecule has 19 heavy (non-hydrogen) atoms. The molecule has 0 aliphatic carbocycles. The minimum atomic E-state index is -3.15. The summed E-state index contributed by atoms with van der Waals surface area (Å²) in [4.78, 5) is 0. The van der Waals surface area contributed by atoms with Gasteiger partial charge in [0.25, 0.3) is 5.92 Å². The molecule has 0 fully saturated rings. The summed E-state index contributed by atoms with van der Waals surface area (Å²) in [6.45, 7) is 0. The monoisotopic (exact) mass is 254 g/mol. The number of hydrogen-bond acceptors (Lipinski definition) is 2. The minimum Gasteiger partial charge on any atom is -0.196 e. The molecule has 0 aliphatic rings. The zero-order valence-corrected chi connectivity index (χ0v) is 9.77. The van der Waals surface area contributed by atoms with E-state index in [0.29, 0.717) is 11.1 Å². The summed E-state index contributed by atoms with van der Waals surface area (Å²) in [5.74, 6) is -3.15. The van der Waals surface area contributed by atoms with E-state index in [1.54, 1.807) is 0 Å². The van der Waals surface area contributed by atoms with Gasteiger partial charge in [0.15, 0.2) is 0 Å². The quantitative estimate of drug-likeness (QED) is 0.822. The van der Waals surface area contributed by atoms with Gasteiger partial charge >= 0.3 is 0 Å². The lowest BCUT2D eigenvalue weighted by molar-refractivity contribution is 0.0428. The van der Waals surface area contributed by atoms with Crippen LogP contribution in [0.4, 0.5) is 8.78 Å². The molecule has 0 heterocycles. The maximum atomic E-state index is 14.2. The second-order valence-corrected chi connectivity index (χ2v) is 3.95. The van der Waals surface area contributed by atoms with Crippen molar-refractivity contribution in [2.24, 2.45) is 0 Å². The first-order valence-electron chi connectivity index (χ1n) is 5.47. The van der Waals surface area contributed by atoms with Gasteiger partial charge in [-0.2, -0.15) is 19.3 Å². The van der Waals surface area contributed by atoms with Crippen molar-refractivity contribution in [2.75, 3.05) is 0 Å². The van der Waals surface area contributed by atoms with Crippen LogP contribution in [0.2, 0.25) is 0 Å². The van der Waals surface area contributed by atoms with Crippen molar-refractivity contribution in [3.63, 3.8) is 0 Å². The fourth-order valence-corrected chi connectivity index (χ4v) is 1.67. The van der Waals surface area contributed by atoms with Gasteiger partial charge in [0.2, 0.25) is 0 Å². The van der Waals surface area contributed by atoms with E-state index in [1.807, 2.05) is 12.1 Å². The van der Waals surface area contributed by atoms with Gasteiger partial charge in [-0.25, -0.2) is 0 Å². The first-order chi connectivity index (χ1) is 9.07. The zero-order chi connectivity index (χ0) is 13.9. The molecule has 92 valence electrons. The highest BCUT2D eigenvalue weighted by Gasteiger charge is 2.33. The number of nitrogens with zero attached hydrogens (tertiary/aromatic N) is 2. The molecule has 4 heteroatoms. The van der Waals surface area contributed by atoms with Crippen molar-refractivity contribution >= 4 is 0 Å². The summed E-state index contributed by atoms with van der Waals surface area (Å²) in [7, 11) is 0. The van der Waals surface area contributed by atoms with Crippen LogP contribution < -0.4 is 0 Å². The molecule has 0 atom stereocenters. The lowest BCUT2D eigenvalue weighted by Crippen LogP contribution is -2.15. The topological polar surface area (TPSA) is 47.6 Å². The zero-order valence-electron chi connectivity index (χ0n) is 9.77. The Labute approximate surface area is 109 Å². The van der Waals surface area contributed by atoms with Gasteiger partial charge in [0.1, 0.15) is 0 Å². The summed E-state index contributed by atoms with van der Waals surface area (Å²) in [6.07, 6.45) is 0. The first kappa shape index (κ1) is 12.7. The molecular formula is C15H8F2N2. The Morgan fingerprint density at radius 2 is 1.00 bits per heavy atom. The van der Waals surface area contributed by atoms with E-state index in [-0.39, 0.29) is 11.1 Å². The molecule has 0 aromatic heterocycles. The Balaban J connectivity index is 2.40. The number of alkyl halides is 2. The molecule has 0 unspecified atom stereocenters. The summed E-state index contributed by atoms with van der Waals surface area (Å²) < 4.78 is 28.4. The van der Waals surface area contributed by atoms with Gasteiger partial charge in [-0.3, -0.25) is 0 Å². The van der Waals surface area contributed by atoms with Gasteiger partial charge in [-0.05, 0) is 24.3 Å². The molecule has 0 aliphatic heterocycles. The summed E-state index contributed by atoms with van der Waals surface area (Å²) in [5.41, 5.74) is 0.297. The molecule has 0 radical (unpaired) electrons. The third kappa shape index (κ3) is 2.43. The van der Waals surface area contributed by atoms with Crippen LogP contribution in [0.5, 0.6) is 0 Å². The van der Waals surface area contributed by atoms with Gasteiger partial charge in [0, 0.05) is 11.1 Å². The van der Waals surface area contributed by atoms with Crippen molar-refractivity contribution in [2.45, 2.75) is 5.92 Å². The number of halogens is 2. The fraction of sp³-hybridized carbons (Fsp3) is 0.0667. The van der Waals surface area contributed by atoms with Crippen LogP contribution in [0, 0.1) is 22.7 Å². The Morgan fingerprint density at radius 1 is 0.684 bits per heavy atom. The normalized spacial score (nSPS) is 10.5. The summed E-state index contributed by atoms with van der Waals surface area (Å²) >= 11 is 0. The molecule has 0 bridgehead atoms. The molecule has 2 aromatic carbocycles. The SMILES string of the molecule is N#Cc1ccc(C(F)(F)c2ccc(C#N)cc2)cc1. The van der Waals surface area contributed by atoms with Crippen LogP contribution in [0.15, 0.2) is 48.5 Å². The number of hydrogen-bond donors (Lipinski definition) is 0. The van der Waals surface area contributed by atoms with Crippen molar-refractivity contribution in [1.82, 2.24) is 0 Å². The highest BCUT2D eigenvalue weighted by atomic mass is 19.3. The number of nitriles is 2. The van der Waals surface area contributed by atoms with E-state index in [2.05, 4.69) is 0 Å².